The fourth-order valence-electron chi connectivity index (χ4n) is 2.26. The molecule has 1 aromatic rings. The van der Waals surface area contributed by atoms with Crippen molar-refractivity contribution in [1.82, 2.24) is 10.2 Å². The highest BCUT2D eigenvalue weighted by Gasteiger charge is 2.31. The van der Waals surface area contributed by atoms with E-state index in [1.807, 2.05) is 30.3 Å². The summed E-state index contributed by atoms with van der Waals surface area (Å²) < 4.78 is 5.15. The second-order valence-electron chi connectivity index (χ2n) is 5.08. The summed E-state index contributed by atoms with van der Waals surface area (Å²) in [5.74, 6) is -1.34. The highest BCUT2D eigenvalue weighted by atomic mass is 16.5. The predicted molar refractivity (Wildman–Crippen MR) is 78.4 cm³/mol. The van der Waals surface area contributed by atoms with Crippen LogP contribution in [0.25, 0.3) is 0 Å². The van der Waals surface area contributed by atoms with Crippen molar-refractivity contribution in [3.05, 3.63) is 35.9 Å². The molecular weight excluding hydrogens is 286 g/mol. The van der Waals surface area contributed by atoms with Crippen molar-refractivity contribution < 1.29 is 19.1 Å². The predicted octanol–water partition coefficient (Wildman–Crippen LogP) is -0.594. The highest BCUT2D eigenvalue weighted by Crippen LogP contribution is 2.08. The maximum atomic E-state index is 12.1. The third kappa shape index (κ3) is 4.56. The molecule has 2 amide bonds. The van der Waals surface area contributed by atoms with Crippen LogP contribution in [0.15, 0.2) is 30.3 Å². The van der Waals surface area contributed by atoms with Crippen molar-refractivity contribution >= 4 is 17.8 Å². The van der Waals surface area contributed by atoms with Gasteiger partial charge in [0.15, 0.2) is 0 Å². The summed E-state index contributed by atoms with van der Waals surface area (Å²) in [6, 6.07) is 8.63. The van der Waals surface area contributed by atoms with E-state index in [0.29, 0.717) is 13.1 Å². The number of ether oxygens (including phenoxy) is 1. The third-order valence-corrected chi connectivity index (χ3v) is 3.34. The summed E-state index contributed by atoms with van der Waals surface area (Å²) in [7, 11) is 0. The lowest BCUT2D eigenvalue weighted by Gasteiger charge is -2.31. The summed E-state index contributed by atoms with van der Waals surface area (Å²) >= 11 is 0. The molecule has 1 atom stereocenters. The molecule has 1 aliphatic heterocycles. The lowest BCUT2D eigenvalue weighted by atomic mass is 10.1. The average molecular weight is 305 g/mol. The van der Waals surface area contributed by atoms with Crippen LogP contribution in [-0.4, -0.2) is 48.4 Å². The molecule has 1 saturated heterocycles. The third-order valence-electron chi connectivity index (χ3n) is 3.34. The van der Waals surface area contributed by atoms with Crippen molar-refractivity contribution in [1.29, 1.82) is 0 Å². The first-order chi connectivity index (χ1) is 10.6. The number of piperazine rings is 1. The number of benzene rings is 1. The van der Waals surface area contributed by atoms with E-state index in [0.717, 1.165) is 5.56 Å². The van der Waals surface area contributed by atoms with Gasteiger partial charge in [0, 0.05) is 13.1 Å². The number of nitrogens with zero attached hydrogens (tertiary/aromatic N) is 1. The molecule has 7 nitrogen and oxygen atoms in total. The van der Waals surface area contributed by atoms with E-state index < -0.39 is 17.9 Å². The van der Waals surface area contributed by atoms with Gasteiger partial charge >= 0.3 is 5.97 Å². The summed E-state index contributed by atoms with van der Waals surface area (Å²) in [5.41, 5.74) is 5.98. The van der Waals surface area contributed by atoms with Gasteiger partial charge in [-0.2, -0.15) is 0 Å². The van der Waals surface area contributed by atoms with Crippen molar-refractivity contribution in [3.8, 4) is 0 Å². The minimum absolute atomic E-state index is 0.0685. The van der Waals surface area contributed by atoms with Gasteiger partial charge in [0.25, 0.3) is 0 Å². The number of amides is 2. The van der Waals surface area contributed by atoms with Gasteiger partial charge in [0.1, 0.15) is 6.61 Å². The van der Waals surface area contributed by atoms with Gasteiger partial charge in [-0.05, 0) is 5.56 Å². The van der Waals surface area contributed by atoms with Crippen molar-refractivity contribution in [3.63, 3.8) is 0 Å². The minimum Gasteiger partial charge on any atom is -0.461 e. The molecule has 118 valence electrons. The minimum atomic E-state index is -0.670. The molecule has 1 unspecified atom stereocenters. The number of nitrogens with two attached hydrogens (primary N) is 1. The van der Waals surface area contributed by atoms with Crippen LogP contribution in [0.3, 0.4) is 0 Å². The number of esters is 1. The quantitative estimate of drug-likeness (QED) is 0.684. The maximum Gasteiger partial charge on any atom is 0.308 e. The first kappa shape index (κ1) is 16.0. The molecule has 0 spiro atoms. The molecule has 3 N–H and O–H groups in total. The van der Waals surface area contributed by atoms with Gasteiger partial charge in [-0.3, -0.25) is 14.4 Å². The molecule has 1 heterocycles. The van der Waals surface area contributed by atoms with E-state index in [2.05, 4.69) is 5.32 Å². The smallest absolute Gasteiger partial charge is 0.308 e. The Hall–Kier alpha value is -2.41. The van der Waals surface area contributed by atoms with Crippen LogP contribution in [0.1, 0.15) is 12.0 Å². The van der Waals surface area contributed by atoms with Crippen LogP contribution >= 0.6 is 0 Å². The standard InChI is InChI=1S/C15H19N3O4/c16-13(19)9-18-7-6-17-12(15(18)21)8-14(20)22-10-11-4-2-1-3-5-11/h1-5,12,17H,6-10H2,(H2,16,19). The average Bonchev–Trinajstić information content (AvgIpc) is 2.50. The van der Waals surface area contributed by atoms with Gasteiger partial charge in [-0.1, -0.05) is 30.3 Å². The Kier molecular flexibility index (Phi) is 5.48. The summed E-state index contributed by atoms with van der Waals surface area (Å²) in [4.78, 5) is 36.2. The zero-order valence-electron chi connectivity index (χ0n) is 12.2. The van der Waals surface area contributed by atoms with Gasteiger partial charge in [-0.25, -0.2) is 0 Å². The Balaban J connectivity index is 1.82. The van der Waals surface area contributed by atoms with E-state index in [-0.39, 0.29) is 25.5 Å². The van der Waals surface area contributed by atoms with Crippen LogP contribution in [0, 0.1) is 0 Å². The monoisotopic (exact) mass is 305 g/mol. The van der Waals surface area contributed by atoms with E-state index in [4.69, 9.17) is 10.5 Å². The van der Waals surface area contributed by atoms with Crippen molar-refractivity contribution in [2.75, 3.05) is 19.6 Å². The van der Waals surface area contributed by atoms with Crippen LogP contribution in [0.5, 0.6) is 0 Å². The van der Waals surface area contributed by atoms with E-state index in [1.165, 1.54) is 4.90 Å². The number of hydrogen-bond donors (Lipinski definition) is 2. The van der Waals surface area contributed by atoms with Crippen LogP contribution < -0.4 is 11.1 Å². The molecule has 0 radical (unpaired) electrons. The molecule has 0 aliphatic carbocycles. The molecule has 1 fully saturated rings. The lowest BCUT2D eigenvalue weighted by Crippen LogP contribution is -2.57. The van der Waals surface area contributed by atoms with Crippen molar-refractivity contribution in [2.45, 2.75) is 19.1 Å². The van der Waals surface area contributed by atoms with Crippen LogP contribution in [0.2, 0.25) is 0 Å². The Morgan fingerprint density at radius 1 is 1.32 bits per heavy atom. The van der Waals surface area contributed by atoms with E-state index >= 15 is 0 Å². The molecule has 0 saturated carbocycles. The Morgan fingerprint density at radius 3 is 2.73 bits per heavy atom. The lowest BCUT2D eigenvalue weighted by molar-refractivity contribution is -0.149. The SMILES string of the molecule is NC(=O)CN1CCNC(CC(=O)OCc2ccccc2)C1=O. The summed E-state index contributed by atoms with van der Waals surface area (Å²) in [5, 5.41) is 2.96. The van der Waals surface area contributed by atoms with Gasteiger partial charge in [0.2, 0.25) is 11.8 Å². The Morgan fingerprint density at radius 2 is 2.05 bits per heavy atom. The molecule has 0 aromatic heterocycles. The number of hydrogen-bond acceptors (Lipinski definition) is 5. The van der Waals surface area contributed by atoms with Gasteiger partial charge in [-0.15, -0.1) is 0 Å². The van der Waals surface area contributed by atoms with Crippen LogP contribution in [0.4, 0.5) is 0 Å². The summed E-state index contributed by atoms with van der Waals surface area (Å²) in [6.45, 7) is 0.953. The second kappa shape index (κ2) is 7.56. The number of primary amides is 1. The Labute approximate surface area is 128 Å². The topological polar surface area (TPSA) is 102 Å². The highest BCUT2D eigenvalue weighted by molar-refractivity contribution is 5.90. The second-order valence-corrected chi connectivity index (χ2v) is 5.08. The summed E-state index contributed by atoms with van der Waals surface area (Å²) in [6.07, 6.45) is -0.0685. The first-order valence-corrected chi connectivity index (χ1v) is 7.06. The van der Waals surface area contributed by atoms with Gasteiger partial charge < -0.3 is 20.7 Å². The molecule has 0 bridgehead atoms. The fourth-order valence-corrected chi connectivity index (χ4v) is 2.26. The number of rotatable bonds is 6. The van der Waals surface area contributed by atoms with E-state index in [1.54, 1.807) is 0 Å². The van der Waals surface area contributed by atoms with Crippen LogP contribution in [-0.2, 0) is 25.7 Å². The molecule has 2 rings (SSSR count). The zero-order valence-corrected chi connectivity index (χ0v) is 12.2. The maximum absolute atomic E-state index is 12.1. The number of nitrogens with one attached hydrogen (secondary N) is 1. The number of carbonyl (C=O) groups is 3. The van der Waals surface area contributed by atoms with E-state index in [9.17, 15) is 14.4 Å². The zero-order chi connectivity index (χ0) is 15.9. The molecule has 7 heteroatoms. The number of carbonyl (C=O) groups excluding carboxylic acids is 3. The fraction of sp³-hybridized carbons (Fsp3) is 0.400. The molecule has 22 heavy (non-hydrogen) atoms. The molecular formula is C15H19N3O4. The van der Waals surface area contributed by atoms with Gasteiger partial charge in [0.05, 0.1) is 19.0 Å². The van der Waals surface area contributed by atoms with Crippen molar-refractivity contribution in [2.24, 2.45) is 5.73 Å². The normalized spacial score (nSPS) is 18.1. The largest absolute Gasteiger partial charge is 0.461 e. The molecule has 1 aromatic carbocycles. The Bertz CT molecular complexity index is 547. The first-order valence-electron chi connectivity index (χ1n) is 7.06. The molecule has 1 aliphatic rings.